The molecule has 1 N–H and O–H groups in total. The maximum Gasteiger partial charge on any atom is 0.247 e. The van der Waals surface area contributed by atoms with Gasteiger partial charge < -0.3 is 10.2 Å². The summed E-state index contributed by atoms with van der Waals surface area (Å²) in [6.45, 7) is 0.651. The Balaban J connectivity index is 1.29. The van der Waals surface area contributed by atoms with E-state index in [2.05, 4.69) is 5.32 Å². The van der Waals surface area contributed by atoms with Crippen LogP contribution in [0.5, 0.6) is 0 Å². The van der Waals surface area contributed by atoms with E-state index in [0.717, 1.165) is 30.0 Å². The predicted octanol–water partition coefficient (Wildman–Crippen LogP) is 3.08. The van der Waals surface area contributed by atoms with Gasteiger partial charge in [-0.2, -0.15) is 0 Å². The molecule has 6 rings (SSSR count). The Morgan fingerprint density at radius 1 is 1.00 bits per heavy atom. The van der Waals surface area contributed by atoms with Gasteiger partial charge in [0.05, 0.1) is 10.3 Å². The Bertz CT molecular complexity index is 983. The van der Waals surface area contributed by atoms with E-state index >= 15 is 0 Å². The van der Waals surface area contributed by atoms with Crippen molar-refractivity contribution in [2.24, 2.45) is 23.2 Å². The van der Waals surface area contributed by atoms with E-state index in [1.54, 1.807) is 12.1 Å². The summed E-state index contributed by atoms with van der Waals surface area (Å²) >= 11 is 0. The van der Waals surface area contributed by atoms with Gasteiger partial charge in [0.25, 0.3) is 0 Å². The second-order valence-electron chi connectivity index (χ2n) is 10.7. The van der Waals surface area contributed by atoms with Gasteiger partial charge in [-0.05, 0) is 93.4 Å². The standard InChI is InChI=1S/C24H33N3O4S/c1-26(2)32(30,31)20-7-5-19(6-8-20)25-22(28)21-4-3-9-27(21)23(29)24-13-16-10-17(14-24)12-18(11-16)15-24/h5-8,16-18,21H,3-4,9-15H2,1-2H3,(H,25,28). The third kappa shape index (κ3) is 3.65. The molecule has 5 fully saturated rings. The molecular weight excluding hydrogens is 426 g/mol. The van der Waals surface area contributed by atoms with Gasteiger partial charge in [-0.1, -0.05) is 0 Å². The largest absolute Gasteiger partial charge is 0.330 e. The predicted molar refractivity (Wildman–Crippen MR) is 121 cm³/mol. The highest BCUT2D eigenvalue weighted by molar-refractivity contribution is 7.89. The summed E-state index contributed by atoms with van der Waals surface area (Å²) in [7, 11) is -0.539. The van der Waals surface area contributed by atoms with E-state index in [0.29, 0.717) is 36.4 Å². The van der Waals surface area contributed by atoms with E-state index in [1.165, 1.54) is 45.5 Å². The molecule has 0 spiro atoms. The van der Waals surface area contributed by atoms with Crippen molar-refractivity contribution < 1.29 is 18.0 Å². The topological polar surface area (TPSA) is 86.8 Å². The molecule has 5 aliphatic rings. The first kappa shape index (κ1) is 21.9. The Morgan fingerprint density at radius 2 is 1.56 bits per heavy atom. The van der Waals surface area contributed by atoms with E-state index in [9.17, 15) is 18.0 Å². The minimum Gasteiger partial charge on any atom is -0.330 e. The summed E-state index contributed by atoms with van der Waals surface area (Å²) in [5, 5.41) is 2.91. The van der Waals surface area contributed by atoms with Gasteiger partial charge in [-0.25, -0.2) is 12.7 Å². The average molecular weight is 460 g/mol. The van der Waals surface area contributed by atoms with Gasteiger partial charge in [-0.15, -0.1) is 0 Å². The lowest BCUT2D eigenvalue weighted by Gasteiger charge is -2.56. The highest BCUT2D eigenvalue weighted by Gasteiger charge is 2.56. The highest BCUT2D eigenvalue weighted by atomic mass is 32.2. The fourth-order valence-electron chi connectivity index (χ4n) is 7.11. The van der Waals surface area contributed by atoms with Gasteiger partial charge in [0.2, 0.25) is 21.8 Å². The maximum absolute atomic E-state index is 13.8. The molecule has 0 aromatic heterocycles. The molecule has 1 aromatic carbocycles. The molecule has 1 heterocycles. The zero-order chi connectivity index (χ0) is 22.7. The minimum atomic E-state index is -3.51. The first-order chi connectivity index (χ1) is 15.2. The molecule has 1 unspecified atom stereocenters. The van der Waals surface area contributed by atoms with Crippen molar-refractivity contribution in [3.05, 3.63) is 24.3 Å². The number of likely N-dealkylation sites (tertiary alicyclic amines) is 1. The SMILES string of the molecule is CN(C)S(=O)(=O)c1ccc(NC(=O)C2CCCN2C(=O)C23CC4CC(CC(C4)C2)C3)cc1. The number of amides is 2. The number of rotatable bonds is 5. The number of anilines is 1. The molecule has 1 saturated heterocycles. The summed E-state index contributed by atoms with van der Waals surface area (Å²) in [6.07, 6.45) is 8.40. The first-order valence-corrected chi connectivity index (χ1v) is 13.3. The summed E-state index contributed by atoms with van der Waals surface area (Å²) in [4.78, 5) is 28.9. The normalized spacial score (nSPS) is 33.7. The van der Waals surface area contributed by atoms with Crippen LogP contribution in [0.3, 0.4) is 0 Å². The van der Waals surface area contributed by atoms with Crippen LogP contribution in [0, 0.1) is 23.2 Å². The number of nitrogens with one attached hydrogen (secondary N) is 1. The van der Waals surface area contributed by atoms with Crippen molar-refractivity contribution in [1.82, 2.24) is 9.21 Å². The zero-order valence-corrected chi connectivity index (χ0v) is 19.7. The second kappa shape index (κ2) is 7.83. The fourth-order valence-corrected chi connectivity index (χ4v) is 8.01. The van der Waals surface area contributed by atoms with Crippen LogP contribution < -0.4 is 5.32 Å². The van der Waals surface area contributed by atoms with Crippen molar-refractivity contribution in [3.63, 3.8) is 0 Å². The molecule has 1 aromatic rings. The van der Waals surface area contributed by atoms with Gasteiger partial charge in [0, 0.05) is 26.3 Å². The molecule has 7 nitrogen and oxygen atoms in total. The Hall–Kier alpha value is -1.93. The third-order valence-electron chi connectivity index (χ3n) is 8.21. The number of nitrogens with zero attached hydrogens (tertiary/aromatic N) is 2. The quantitative estimate of drug-likeness (QED) is 0.733. The lowest BCUT2D eigenvalue weighted by Crippen LogP contribution is -2.56. The molecular formula is C24H33N3O4S. The molecule has 1 atom stereocenters. The van der Waals surface area contributed by atoms with Crippen molar-refractivity contribution in [1.29, 1.82) is 0 Å². The molecule has 174 valence electrons. The molecule has 4 aliphatic carbocycles. The molecule has 2 amide bonds. The lowest BCUT2D eigenvalue weighted by atomic mass is 9.49. The monoisotopic (exact) mass is 459 g/mol. The van der Waals surface area contributed by atoms with E-state index in [4.69, 9.17) is 0 Å². The van der Waals surface area contributed by atoms with Crippen molar-refractivity contribution >= 4 is 27.5 Å². The van der Waals surface area contributed by atoms with Crippen molar-refractivity contribution in [2.75, 3.05) is 26.0 Å². The summed E-state index contributed by atoms with van der Waals surface area (Å²) < 4.78 is 25.7. The number of carbonyl (C=O) groups is 2. The fraction of sp³-hybridized carbons (Fsp3) is 0.667. The van der Waals surface area contributed by atoms with Crippen LogP contribution >= 0.6 is 0 Å². The number of benzene rings is 1. The van der Waals surface area contributed by atoms with Crippen LogP contribution in [0.1, 0.15) is 51.4 Å². The van der Waals surface area contributed by atoms with Crippen molar-refractivity contribution in [3.8, 4) is 0 Å². The zero-order valence-electron chi connectivity index (χ0n) is 18.9. The first-order valence-electron chi connectivity index (χ1n) is 11.8. The molecule has 32 heavy (non-hydrogen) atoms. The van der Waals surface area contributed by atoms with Crippen LogP contribution in [0.2, 0.25) is 0 Å². The summed E-state index contributed by atoms with van der Waals surface area (Å²) in [5.74, 6) is 2.11. The van der Waals surface area contributed by atoms with E-state index < -0.39 is 16.1 Å². The number of hydrogen-bond acceptors (Lipinski definition) is 4. The summed E-state index contributed by atoms with van der Waals surface area (Å²) in [5.41, 5.74) is 0.307. The van der Waals surface area contributed by atoms with Gasteiger partial charge in [-0.3, -0.25) is 9.59 Å². The maximum atomic E-state index is 13.8. The number of sulfonamides is 1. The average Bonchev–Trinajstić information content (AvgIpc) is 3.22. The molecule has 1 aliphatic heterocycles. The van der Waals surface area contributed by atoms with Crippen LogP contribution in [-0.2, 0) is 19.6 Å². The molecule has 4 saturated carbocycles. The van der Waals surface area contributed by atoms with Crippen LogP contribution in [0.15, 0.2) is 29.2 Å². The Morgan fingerprint density at radius 3 is 2.09 bits per heavy atom. The lowest BCUT2D eigenvalue weighted by molar-refractivity contribution is -0.160. The second-order valence-corrected chi connectivity index (χ2v) is 12.8. The smallest absolute Gasteiger partial charge is 0.247 e. The van der Waals surface area contributed by atoms with Crippen LogP contribution in [-0.4, -0.2) is 56.1 Å². The van der Waals surface area contributed by atoms with Crippen LogP contribution in [0.25, 0.3) is 0 Å². The van der Waals surface area contributed by atoms with Crippen LogP contribution in [0.4, 0.5) is 5.69 Å². The van der Waals surface area contributed by atoms with Gasteiger partial charge in [0.15, 0.2) is 0 Å². The van der Waals surface area contributed by atoms with E-state index in [-0.39, 0.29) is 22.1 Å². The Labute approximate surface area is 190 Å². The van der Waals surface area contributed by atoms with Crippen molar-refractivity contribution in [2.45, 2.75) is 62.3 Å². The van der Waals surface area contributed by atoms with E-state index in [1.807, 2.05) is 4.90 Å². The van der Waals surface area contributed by atoms with Gasteiger partial charge in [0.1, 0.15) is 6.04 Å². The third-order valence-corrected chi connectivity index (χ3v) is 10.0. The summed E-state index contributed by atoms with van der Waals surface area (Å²) in [6, 6.07) is 5.76. The molecule has 0 radical (unpaired) electrons. The Kier molecular flexibility index (Phi) is 5.36. The molecule has 8 heteroatoms. The highest BCUT2D eigenvalue weighted by Crippen LogP contribution is 2.60. The number of hydrogen-bond donors (Lipinski definition) is 1. The molecule has 4 bridgehead atoms. The number of carbonyl (C=O) groups excluding carboxylic acids is 2. The minimum absolute atomic E-state index is 0.177. The van der Waals surface area contributed by atoms with Gasteiger partial charge >= 0.3 is 0 Å².